The second-order valence-corrected chi connectivity index (χ2v) is 5.96. The van der Waals surface area contributed by atoms with Gasteiger partial charge in [0, 0.05) is 24.5 Å². The van der Waals surface area contributed by atoms with Crippen molar-refractivity contribution in [1.29, 1.82) is 0 Å². The van der Waals surface area contributed by atoms with E-state index >= 15 is 0 Å². The number of rotatable bonds is 3. The highest BCUT2D eigenvalue weighted by Gasteiger charge is 2.43. The average Bonchev–Trinajstić information content (AvgIpc) is 3.04. The third-order valence-electron chi connectivity index (χ3n) is 4.81. The van der Waals surface area contributed by atoms with Crippen molar-refractivity contribution in [3.63, 3.8) is 0 Å². The van der Waals surface area contributed by atoms with Crippen molar-refractivity contribution >= 4 is 5.91 Å². The van der Waals surface area contributed by atoms with Gasteiger partial charge in [0.05, 0.1) is 0 Å². The summed E-state index contributed by atoms with van der Waals surface area (Å²) in [5.41, 5.74) is 0. The highest BCUT2D eigenvalue weighted by atomic mass is 16.3. The molecular formula is C14H21NO2. The SMILES string of the molecule is O=C(N[C@@H]1C=C[C@H](CO)C1)C1CC2CCC1C2. The molecule has 0 aromatic heterocycles. The molecule has 0 aromatic rings. The molecule has 0 radical (unpaired) electrons. The number of fused-ring (bicyclic) bond motifs is 2. The molecule has 0 heterocycles. The molecule has 3 aliphatic carbocycles. The van der Waals surface area contributed by atoms with Crippen LogP contribution in [0.4, 0.5) is 0 Å². The zero-order valence-corrected chi connectivity index (χ0v) is 10.1. The van der Waals surface area contributed by atoms with Gasteiger partial charge in [-0.1, -0.05) is 18.6 Å². The Kier molecular flexibility index (Phi) is 2.95. The summed E-state index contributed by atoms with van der Waals surface area (Å²) in [5.74, 6) is 2.24. The lowest BCUT2D eigenvalue weighted by molar-refractivity contribution is -0.127. The van der Waals surface area contributed by atoms with Crippen molar-refractivity contribution in [2.75, 3.05) is 6.61 Å². The van der Waals surface area contributed by atoms with E-state index in [1.54, 1.807) is 0 Å². The molecule has 1 amide bonds. The first-order valence-electron chi connectivity index (χ1n) is 6.86. The third-order valence-corrected chi connectivity index (χ3v) is 4.81. The molecule has 0 saturated heterocycles. The van der Waals surface area contributed by atoms with Crippen LogP contribution in [0.15, 0.2) is 12.2 Å². The number of nitrogens with one attached hydrogen (secondary N) is 1. The van der Waals surface area contributed by atoms with Crippen LogP contribution in [-0.4, -0.2) is 23.7 Å². The van der Waals surface area contributed by atoms with Gasteiger partial charge in [-0.05, 0) is 37.5 Å². The van der Waals surface area contributed by atoms with E-state index in [1.807, 2.05) is 12.2 Å². The minimum Gasteiger partial charge on any atom is -0.396 e. The lowest BCUT2D eigenvalue weighted by Gasteiger charge is -2.23. The molecule has 3 aliphatic rings. The maximum atomic E-state index is 12.2. The first-order chi connectivity index (χ1) is 8.26. The van der Waals surface area contributed by atoms with Crippen LogP contribution in [0.2, 0.25) is 0 Å². The summed E-state index contributed by atoms with van der Waals surface area (Å²) in [5, 5.41) is 12.2. The van der Waals surface area contributed by atoms with Gasteiger partial charge in [-0.15, -0.1) is 0 Å². The van der Waals surface area contributed by atoms with Crippen LogP contribution in [0.5, 0.6) is 0 Å². The van der Waals surface area contributed by atoms with Crippen molar-refractivity contribution in [2.45, 2.75) is 38.1 Å². The topological polar surface area (TPSA) is 49.3 Å². The summed E-state index contributed by atoms with van der Waals surface area (Å²) in [6.45, 7) is 0.191. The van der Waals surface area contributed by atoms with Crippen molar-refractivity contribution in [1.82, 2.24) is 5.32 Å². The molecule has 3 unspecified atom stereocenters. The van der Waals surface area contributed by atoms with E-state index in [0.29, 0.717) is 5.92 Å². The maximum absolute atomic E-state index is 12.2. The van der Waals surface area contributed by atoms with Gasteiger partial charge in [0.2, 0.25) is 5.91 Å². The number of carbonyl (C=O) groups is 1. The molecule has 0 spiro atoms. The van der Waals surface area contributed by atoms with Crippen LogP contribution >= 0.6 is 0 Å². The Morgan fingerprint density at radius 1 is 1.24 bits per heavy atom. The largest absolute Gasteiger partial charge is 0.396 e. The Morgan fingerprint density at radius 2 is 2.12 bits per heavy atom. The van der Waals surface area contributed by atoms with Crippen LogP contribution in [-0.2, 0) is 4.79 Å². The zero-order chi connectivity index (χ0) is 11.8. The fourth-order valence-electron chi connectivity index (χ4n) is 3.87. The van der Waals surface area contributed by atoms with Gasteiger partial charge < -0.3 is 10.4 Å². The standard InChI is InChI=1S/C14H21NO2/c16-8-10-2-4-12(6-10)15-14(17)13-7-9-1-3-11(13)5-9/h2,4,9-13,16H,1,3,5-8H2,(H,15,17)/t9?,10-,11?,12+,13?/m0/s1. The quantitative estimate of drug-likeness (QED) is 0.728. The van der Waals surface area contributed by atoms with Crippen LogP contribution in [0, 0.1) is 23.7 Å². The van der Waals surface area contributed by atoms with Gasteiger partial charge in [-0.25, -0.2) is 0 Å². The Hall–Kier alpha value is -0.830. The average molecular weight is 235 g/mol. The molecular weight excluding hydrogens is 214 g/mol. The van der Waals surface area contributed by atoms with Gasteiger partial charge in [-0.3, -0.25) is 4.79 Å². The van der Waals surface area contributed by atoms with Gasteiger partial charge in [0.15, 0.2) is 0 Å². The molecule has 0 aliphatic heterocycles. The van der Waals surface area contributed by atoms with Crippen molar-refractivity contribution in [3.8, 4) is 0 Å². The number of aliphatic hydroxyl groups is 1. The Bertz CT molecular complexity index is 339. The normalized spacial score (nSPS) is 43.2. The van der Waals surface area contributed by atoms with Gasteiger partial charge >= 0.3 is 0 Å². The van der Waals surface area contributed by atoms with Crippen LogP contribution in [0.25, 0.3) is 0 Å². The Labute approximate surface area is 102 Å². The van der Waals surface area contributed by atoms with E-state index in [-0.39, 0.29) is 30.4 Å². The lowest BCUT2D eigenvalue weighted by Crippen LogP contribution is -2.39. The predicted octanol–water partition coefficient (Wildman–Crippen LogP) is 1.48. The molecule has 2 fully saturated rings. The van der Waals surface area contributed by atoms with Crippen LogP contribution in [0.1, 0.15) is 32.1 Å². The third kappa shape index (κ3) is 2.13. The fraction of sp³-hybridized carbons (Fsp3) is 0.786. The number of hydrogen-bond acceptors (Lipinski definition) is 2. The van der Waals surface area contributed by atoms with E-state index in [1.165, 1.54) is 19.3 Å². The van der Waals surface area contributed by atoms with E-state index in [4.69, 9.17) is 5.11 Å². The maximum Gasteiger partial charge on any atom is 0.223 e. The minimum atomic E-state index is 0.152. The fourth-order valence-corrected chi connectivity index (χ4v) is 3.87. The second kappa shape index (κ2) is 4.45. The molecule has 94 valence electrons. The number of amides is 1. The van der Waals surface area contributed by atoms with Crippen LogP contribution in [0.3, 0.4) is 0 Å². The molecule has 2 bridgehead atoms. The van der Waals surface area contributed by atoms with E-state index in [2.05, 4.69) is 5.32 Å². The van der Waals surface area contributed by atoms with E-state index in [9.17, 15) is 4.79 Å². The van der Waals surface area contributed by atoms with E-state index in [0.717, 1.165) is 18.8 Å². The summed E-state index contributed by atoms with van der Waals surface area (Å²) in [7, 11) is 0. The first-order valence-corrected chi connectivity index (χ1v) is 6.86. The summed E-state index contributed by atoms with van der Waals surface area (Å²) in [6, 6.07) is 0.152. The molecule has 17 heavy (non-hydrogen) atoms. The van der Waals surface area contributed by atoms with Crippen molar-refractivity contribution < 1.29 is 9.90 Å². The lowest BCUT2D eigenvalue weighted by atomic mass is 9.88. The van der Waals surface area contributed by atoms with Crippen LogP contribution < -0.4 is 5.32 Å². The molecule has 5 atom stereocenters. The number of hydrogen-bond donors (Lipinski definition) is 2. The highest BCUT2D eigenvalue weighted by molar-refractivity contribution is 5.80. The van der Waals surface area contributed by atoms with Gasteiger partial charge in [0.25, 0.3) is 0 Å². The highest BCUT2D eigenvalue weighted by Crippen LogP contribution is 2.48. The van der Waals surface area contributed by atoms with E-state index < -0.39 is 0 Å². The molecule has 3 rings (SSSR count). The van der Waals surface area contributed by atoms with Crippen molar-refractivity contribution in [3.05, 3.63) is 12.2 Å². The summed E-state index contributed by atoms with van der Waals surface area (Å²) in [4.78, 5) is 12.2. The number of carbonyl (C=O) groups excluding carboxylic acids is 1. The zero-order valence-electron chi connectivity index (χ0n) is 10.1. The number of aliphatic hydroxyl groups excluding tert-OH is 1. The summed E-state index contributed by atoms with van der Waals surface area (Å²) in [6.07, 6.45) is 9.89. The first kappa shape index (κ1) is 11.3. The molecule has 3 nitrogen and oxygen atoms in total. The minimum absolute atomic E-state index is 0.152. The molecule has 2 saturated carbocycles. The summed E-state index contributed by atoms with van der Waals surface area (Å²) < 4.78 is 0. The monoisotopic (exact) mass is 235 g/mol. The Balaban J connectivity index is 1.53. The Morgan fingerprint density at radius 3 is 2.71 bits per heavy atom. The predicted molar refractivity (Wildman–Crippen MR) is 65.2 cm³/mol. The summed E-state index contributed by atoms with van der Waals surface area (Å²) >= 11 is 0. The van der Waals surface area contributed by atoms with Crippen molar-refractivity contribution in [2.24, 2.45) is 23.7 Å². The molecule has 2 N–H and O–H groups in total. The smallest absolute Gasteiger partial charge is 0.223 e. The second-order valence-electron chi connectivity index (χ2n) is 5.96. The molecule has 0 aromatic carbocycles. The molecule has 3 heteroatoms. The van der Waals surface area contributed by atoms with Gasteiger partial charge in [0.1, 0.15) is 0 Å². The van der Waals surface area contributed by atoms with Gasteiger partial charge in [-0.2, -0.15) is 0 Å².